The highest BCUT2D eigenvalue weighted by Crippen LogP contribution is 2.73. The highest BCUT2D eigenvalue weighted by molar-refractivity contribution is 6.08. The zero-order chi connectivity index (χ0) is 22.1. The van der Waals surface area contributed by atoms with Crippen molar-refractivity contribution < 1.29 is 43.2 Å². The van der Waals surface area contributed by atoms with Crippen molar-refractivity contribution in [2.45, 2.75) is 58.2 Å². The molecule has 31 heavy (non-hydrogen) atoms. The number of aliphatic hydroxyl groups is 1. The predicted molar refractivity (Wildman–Crippen MR) is 98.7 cm³/mol. The zero-order valence-electron chi connectivity index (χ0n) is 17.5. The molecule has 2 spiro atoms. The van der Waals surface area contributed by atoms with Crippen LogP contribution in [-0.2, 0) is 38.1 Å². The molecule has 1 N–H and O–H groups in total. The minimum Gasteiger partial charge on any atom is -0.462 e. The lowest BCUT2D eigenvalue weighted by Crippen LogP contribution is -2.71. The molecule has 166 valence electrons. The molecule has 3 aliphatic heterocycles. The van der Waals surface area contributed by atoms with E-state index in [9.17, 15) is 24.3 Å². The van der Waals surface area contributed by atoms with Crippen molar-refractivity contribution in [3.63, 3.8) is 0 Å². The third-order valence-corrected chi connectivity index (χ3v) is 9.06. The van der Waals surface area contributed by atoms with Crippen LogP contribution in [0, 0.1) is 34.0 Å². The second-order valence-electron chi connectivity index (χ2n) is 10.3. The fourth-order valence-electron chi connectivity index (χ4n) is 7.71. The van der Waals surface area contributed by atoms with Gasteiger partial charge in [-0.05, 0) is 29.7 Å². The highest BCUT2D eigenvalue weighted by Gasteiger charge is 2.83. The largest absolute Gasteiger partial charge is 0.462 e. The number of carbonyl (C=O) groups is 4. The van der Waals surface area contributed by atoms with Crippen LogP contribution in [0.5, 0.6) is 0 Å². The van der Waals surface area contributed by atoms with Gasteiger partial charge in [0.15, 0.2) is 11.2 Å². The van der Waals surface area contributed by atoms with Gasteiger partial charge in [0.25, 0.3) is 0 Å². The average molecular weight is 432 g/mol. The van der Waals surface area contributed by atoms with Crippen LogP contribution in [0.4, 0.5) is 0 Å². The van der Waals surface area contributed by atoms with Crippen molar-refractivity contribution in [1.82, 2.24) is 0 Å². The first-order chi connectivity index (χ1) is 14.6. The molecule has 0 aromatic carbocycles. The van der Waals surface area contributed by atoms with Gasteiger partial charge in [-0.1, -0.05) is 13.8 Å². The summed E-state index contributed by atoms with van der Waals surface area (Å²) in [4.78, 5) is 51.2. The Morgan fingerprint density at radius 1 is 1.29 bits per heavy atom. The molecular formula is C22H24O9. The third kappa shape index (κ3) is 2.01. The van der Waals surface area contributed by atoms with Crippen LogP contribution >= 0.6 is 0 Å². The molecule has 6 aliphatic rings. The monoisotopic (exact) mass is 432 g/mol. The molecule has 0 aromatic heterocycles. The summed E-state index contributed by atoms with van der Waals surface area (Å²) in [6, 6.07) is 0. The van der Waals surface area contributed by atoms with Gasteiger partial charge in [0.1, 0.15) is 18.8 Å². The number of ketones is 1. The number of carbonyl (C=O) groups excluding carboxylic acids is 4. The first-order valence-corrected chi connectivity index (χ1v) is 10.7. The number of cyclic esters (lactones) is 1. The first kappa shape index (κ1) is 19.4. The van der Waals surface area contributed by atoms with E-state index < -0.39 is 70.6 Å². The van der Waals surface area contributed by atoms with E-state index in [1.165, 1.54) is 13.0 Å². The van der Waals surface area contributed by atoms with Crippen LogP contribution in [0.2, 0.25) is 0 Å². The van der Waals surface area contributed by atoms with Gasteiger partial charge in [0.2, 0.25) is 6.29 Å². The number of Topliss-reactive ketones (excluding diaryl/α,β-unsaturated/α-hetero) is 1. The maximum atomic E-state index is 13.7. The quantitative estimate of drug-likeness (QED) is 0.269. The first-order valence-electron chi connectivity index (χ1n) is 10.7. The molecule has 10 atom stereocenters. The summed E-state index contributed by atoms with van der Waals surface area (Å²) in [5.41, 5.74) is -2.86. The second-order valence-corrected chi connectivity index (χ2v) is 10.3. The molecule has 0 aromatic rings. The van der Waals surface area contributed by atoms with Crippen LogP contribution in [-0.4, -0.2) is 60.0 Å². The third-order valence-electron chi connectivity index (χ3n) is 9.06. The molecule has 3 aliphatic carbocycles. The molecule has 0 bridgehead atoms. The number of epoxide rings is 1. The maximum absolute atomic E-state index is 13.7. The fraction of sp³-hybridized carbons (Fsp3) is 0.727. The van der Waals surface area contributed by atoms with E-state index >= 15 is 0 Å². The Bertz CT molecular complexity index is 985. The van der Waals surface area contributed by atoms with Crippen molar-refractivity contribution in [2.24, 2.45) is 34.0 Å². The number of ether oxygens (including phenoxy) is 4. The Hall–Kier alpha value is -2.26. The van der Waals surface area contributed by atoms with E-state index in [-0.39, 0.29) is 24.7 Å². The van der Waals surface area contributed by atoms with Gasteiger partial charge >= 0.3 is 17.9 Å². The standard InChI is InChI=1S/C22H24O9/c1-8-12(29-9(2)23)5-21-7-28-17(26)10(21)4-11(24)14-15(21)20(8,3)6-13(25)22(14)16-18(30-16)31-19(22)27/h4,8,11-12,14-16,18,24H,5-7H2,1-3H3. The van der Waals surface area contributed by atoms with Crippen molar-refractivity contribution in [2.75, 3.05) is 6.61 Å². The molecule has 0 radical (unpaired) electrons. The van der Waals surface area contributed by atoms with Gasteiger partial charge in [-0.3, -0.25) is 14.4 Å². The van der Waals surface area contributed by atoms with E-state index in [4.69, 9.17) is 18.9 Å². The second kappa shape index (κ2) is 5.56. The number of aliphatic hydroxyl groups excluding tert-OH is 1. The van der Waals surface area contributed by atoms with Crippen molar-refractivity contribution in [3.05, 3.63) is 11.6 Å². The van der Waals surface area contributed by atoms with E-state index in [0.717, 1.165) is 0 Å². The van der Waals surface area contributed by atoms with Gasteiger partial charge in [0.05, 0.1) is 6.10 Å². The Labute approximate surface area is 178 Å². The number of rotatable bonds is 1. The predicted octanol–water partition coefficient (Wildman–Crippen LogP) is 0.282. The van der Waals surface area contributed by atoms with Gasteiger partial charge < -0.3 is 24.1 Å². The molecule has 3 heterocycles. The molecule has 3 saturated heterocycles. The molecule has 6 rings (SSSR count). The summed E-state index contributed by atoms with van der Waals surface area (Å²) in [5, 5.41) is 11.2. The lowest BCUT2D eigenvalue weighted by molar-refractivity contribution is -0.221. The fourth-order valence-corrected chi connectivity index (χ4v) is 7.71. The van der Waals surface area contributed by atoms with Gasteiger partial charge in [-0.15, -0.1) is 0 Å². The van der Waals surface area contributed by atoms with Gasteiger partial charge in [-0.25, -0.2) is 4.79 Å². The Morgan fingerprint density at radius 2 is 2.03 bits per heavy atom. The summed E-state index contributed by atoms with van der Waals surface area (Å²) in [6.45, 7) is 5.25. The lowest BCUT2D eigenvalue weighted by Gasteiger charge is -2.65. The minimum atomic E-state index is -1.59. The van der Waals surface area contributed by atoms with Crippen molar-refractivity contribution >= 4 is 23.7 Å². The summed E-state index contributed by atoms with van der Waals surface area (Å²) in [7, 11) is 0. The van der Waals surface area contributed by atoms with E-state index in [2.05, 4.69) is 0 Å². The summed E-state index contributed by atoms with van der Waals surface area (Å²) in [6.07, 6.45) is -1.44. The zero-order valence-corrected chi connectivity index (χ0v) is 17.5. The van der Waals surface area contributed by atoms with Crippen LogP contribution in [0.1, 0.15) is 33.6 Å². The highest BCUT2D eigenvalue weighted by atomic mass is 16.8. The number of hydrogen-bond acceptors (Lipinski definition) is 9. The molecule has 5 fully saturated rings. The summed E-state index contributed by atoms with van der Waals surface area (Å²) < 4.78 is 21.9. The maximum Gasteiger partial charge on any atom is 0.334 e. The molecule has 9 heteroatoms. The van der Waals surface area contributed by atoms with Crippen LogP contribution in [0.15, 0.2) is 11.6 Å². The van der Waals surface area contributed by atoms with Crippen LogP contribution < -0.4 is 0 Å². The topological polar surface area (TPSA) is 129 Å². The Balaban J connectivity index is 1.59. The number of hydrogen-bond donors (Lipinski definition) is 1. The van der Waals surface area contributed by atoms with Crippen LogP contribution in [0.3, 0.4) is 0 Å². The number of esters is 3. The molecule has 9 nitrogen and oxygen atoms in total. The SMILES string of the molecule is CC(=O)OC1CC23COC(=O)C2=CC(O)C2C3C(C)(CC(=O)C23C(=O)OC2OC23)C1C. The van der Waals surface area contributed by atoms with E-state index in [0.29, 0.717) is 12.0 Å². The molecular weight excluding hydrogens is 408 g/mol. The summed E-state index contributed by atoms with van der Waals surface area (Å²) >= 11 is 0. The average Bonchev–Trinajstić information content (AvgIpc) is 3.29. The molecule has 10 unspecified atom stereocenters. The summed E-state index contributed by atoms with van der Waals surface area (Å²) in [5.74, 6) is -3.43. The Morgan fingerprint density at radius 3 is 2.68 bits per heavy atom. The van der Waals surface area contributed by atoms with E-state index in [1.807, 2.05) is 13.8 Å². The van der Waals surface area contributed by atoms with Crippen LogP contribution in [0.25, 0.3) is 0 Å². The molecule has 0 amide bonds. The molecule has 2 saturated carbocycles. The van der Waals surface area contributed by atoms with Crippen molar-refractivity contribution in [1.29, 1.82) is 0 Å². The smallest absolute Gasteiger partial charge is 0.334 e. The van der Waals surface area contributed by atoms with Crippen molar-refractivity contribution in [3.8, 4) is 0 Å². The number of fused-ring (bicyclic) bond motifs is 3. The normalized spacial score (nSPS) is 53.7. The lowest BCUT2D eigenvalue weighted by atomic mass is 9.36. The van der Waals surface area contributed by atoms with Gasteiger partial charge in [0, 0.05) is 30.3 Å². The van der Waals surface area contributed by atoms with E-state index in [1.54, 1.807) is 0 Å². The minimum absolute atomic E-state index is 0.0325. The van der Waals surface area contributed by atoms with Gasteiger partial charge in [-0.2, -0.15) is 0 Å². The Kier molecular flexibility index (Phi) is 3.48.